The number of carbonyl (C=O) groups is 1. The largest absolute Gasteiger partial charge is 0.487 e. The molecular weight excluding hydrogens is 300 g/mol. The van der Waals surface area contributed by atoms with Gasteiger partial charge in [0.2, 0.25) is 0 Å². The molecule has 124 valence electrons. The Bertz CT molecular complexity index is 723. The van der Waals surface area contributed by atoms with Crippen molar-refractivity contribution >= 4 is 5.91 Å². The van der Waals surface area contributed by atoms with Gasteiger partial charge >= 0.3 is 0 Å². The quantitative estimate of drug-likeness (QED) is 0.908. The van der Waals surface area contributed by atoms with Gasteiger partial charge in [-0.2, -0.15) is 0 Å². The van der Waals surface area contributed by atoms with Gasteiger partial charge in [0.05, 0.1) is 11.6 Å². The minimum Gasteiger partial charge on any atom is -0.487 e. The predicted octanol–water partition coefficient (Wildman–Crippen LogP) is 4.04. The molecule has 2 aliphatic rings. The van der Waals surface area contributed by atoms with E-state index in [1.807, 2.05) is 18.2 Å². The molecule has 4 nitrogen and oxygen atoms in total. The van der Waals surface area contributed by atoms with Crippen LogP contribution in [-0.4, -0.2) is 16.5 Å². The van der Waals surface area contributed by atoms with Crippen LogP contribution >= 0.6 is 0 Å². The fourth-order valence-corrected chi connectivity index (χ4v) is 3.99. The van der Waals surface area contributed by atoms with Crippen molar-refractivity contribution in [1.82, 2.24) is 10.3 Å². The summed E-state index contributed by atoms with van der Waals surface area (Å²) < 4.78 is 6.41. The summed E-state index contributed by atoms with van der Waals surface area (Å²) in [4.78, 5) is 16.6. The second kappa shape index (κ2) is 6.27. The molecule has 24 heavy (non-hydrogen) atoms. The molecule has 1 aromatic heterocycles. The van der Waals surface area contributed by atoms with E-state index >= 15 is 0 Å². The highest BCUT2D eigenvalue weighted by atomic mass is 16.5. The summed E-state index contributed by atoms with van der Waals surface area (Å²) in [6.07, 6.45) is 9.95. The van der Waals surface area contributed by atoms with Crippen LogP contribution in [-0.2, 0) is 0 Å². The molecule has 1 aliphatic carbocycles. The third-order valence-corrected chi connectivity index (χ3v) is 5.19. The highest BCUT2D eigenvalue weighted by Crippen LogP contribution is 2.46. The van der Waals surface area contributed by atoms with Gasteiger partial charge < -0.3 is 10.1 Å². The number of amides is 1. The summed E-state index contributed by atoms with van der Waals surface area (Å²) in [5.74, 6) is 0.845. The van der Waals surface area contributed by atoms with Crippen LogP contribution in [0, 0.1) is 0 Å². The van der Waals surface area contributed by atoms with Crippen LogP contribution < -0.4 is 10.1 Å². The molecule has 2 heterocycles. The van der Waals surface area contributed by atoms with Gasteiger partial charge in [0.25, 0.3) is 5.91 Å². The van der Waals surface area contributed by atoms with Gasteiger partial charge in [-0.25, -0.2) is 0 Å². The molecule has 1 spiro atoms. The Morgan fingerprint density at radius 1 is 1.12 bits per heavy atom. The van der Waals surface area contributed by atoms with E-state index < -0.39 is 0 Å². The lowest BCUT2D eigenvalue weighted by atomic mass is 9.77. The highest BCUT2D eigenvalue weighted by Gasteiger charge is 2.42. The van der Waals surface area contributed by atoms with Gasteiger partial charge in [0.1, 0.15) is 11.4 Å². The number of rotatable bonds is 2. The maximum atomic E-state index is 12.6. The van der Waals surface area contributed by atoms with Crippen LogP contribution in [0.1, 0.15) is 60.5 Å². The third kappa shape index (κ3) is 2.88. The first kappa shape index (κ1) is 15.2. The average Bonchev–Trinajstić information content (AvgIpc) is 2.63. The van der Waals surface area contributed by atoms with E-state index in [1.165, 1.54) is 19.3 Å². The van der Waals surface area contributed by atoms with Crippen molar-refractivity contribution in [3.05, 3.63) is 59.9 Å². The first-order chi connectivity index (χ1) is 11.8. The van der Waals surface area contributed by atoms with E-state index in [0.717, 1.165) is 30.6 Å². The monoisotopic (exact) mass is 322 g/mol. The van der Waals surface area contributed by atoms with Crippen LogP contribution in [0.5, 0.6) is 5.75 Å². The number of pyridine rings is 1. The molecule has 1 saturated carbocycles. The number of para-hydroxylation sites is 1. The summed E-state index contributed by atoms with van der Waals surface area (Å²) in [5.41, 5.74) is 1.55. The minimum absolute atomic E-state index is 0.0132. The van der Waals surface area contributed by atoms with Crippen molar-refractivity contribution in [3.8, 4) is 5.75 Å². The normalized spacial score (nSPS) is 21.6. The van der Waals surface area contributed by atoms with Crippen LogP contribution in [0.4, 0.5) is 0 Å². The number of benzene rings is 1. The molecule has 1 aromatic carbocycles. The second-order valence-corrected chi connectivity index (χ2v) is 6.86. The number of nitrogens with one attached hydrogen (secondary N) is 1. The zero-order chi connectivity index (χ0) is 16.4. The molecule has 0 bridgehead atoms. The van der Waals surface area contributed by atoms with Crippen LogP contribution in [0.3, 0.4) is 0 Å². The molecule has 0 saturated heterocycles. The maximum Gasteiger partial charge on any atom is 0.253 e. The lowest BCUT2D eigenvalue weighted by molar-refractivity contribution is -0.00210. The van der Waals surface area contributed by atoms with Gasteiger partial charge in [0.15, 0.2) is 0 Å². The van der Waals surface area contributed by atoms with Crippen molar-refractivity contribution in [2.24, 2.45) is 0 Å². The predicted molar refractivity (Wildman–Crippen MR) is 91.9 cm³/mol. The molecule has 2 aromatic rings. The zero-order valence-electron chi connectivity index (χ0n) is 13.7. The molecule has 1 N–H and O–H groups in total. The van der Waals surface area contributed by atoms with Crippen molar-refractivity contribution in [2.45, 2.75) is 50.2 Å². The summed E-state index contributed by atoms with van der Waals surface area (Å²) in [6, 6.07) is 11.7. The van der Waals surface area contributed by atoms with Gasteiger partial charge in [-0.1, -0.05) is 24.6 Å². The topological polar surface area (TPSA) is 51.2 Å². The Balaban J connectivity index is 1.62. The number of fused-ring (bicyclic) bond motifs is 1. The van der Waals surface area contributed by atoms with Gasteiger partial charge in [-0.05, 0) is 43.9 Å². The Hall–Kier alpha value is -2.36. The van der Waals surface area contributed by atoms with E-state index in [4.69, 9.17) is 4.74 Å². The van der Waals surface area contributed by atoms with Crippen LogP contribution in [0.25, 0.3) is 0 Å². The van der Waals surface area contributed by atoms with Crippen molar-refractivity contribution in [3.63, 3.8) is 0 Å². The first-order valence-electron chi connectivity index (χ1n) is 8.75. The maximum absolute atomic E-state index is 12.6. The molecular formula is C20H22N2O2. The fourth-order valence-electron chi connectivity index (χ4n) is 3.99. The first-order valence-corrected chi connectivity index (χ1v) is 8.75. The van der Waals surface area contributed by atoms with Gasteiger partial charge in [0, 0.05) is 24.4 Å². The van der Waals surface area contributed by atoms with Gasteiger partial charge in [-0.15, -0.1) is 0 Å². The Morgan fingerprint density at radius 3 is 2.75 bits per heavy atom. The molecule has 4 rings (SSSR count). The lowest BCUT2D eigenvalue weighted by Gasteiger charge is -2.44. The highest BCUT2D eigenvalue weighted by molar-refractivity contribution is 5.94. The van der Waals surface area contributed by atoms with Crippen LogP contribution in [0.15, 0.2) is 48.8 Å². The number of nitrogens with zero attached hydrogens (tertiary/aromatic N) is 1. The molecule has 1 atom stereocenters. The summed E-state index contributed by atoms with van der Waals surface area (Å²) in [7, 11) is 0. The number of aromatic nitrogens is 1. The number of hydrogen-bond donors (Lipinski definition) is 1. The van der Waals surface area contributed by atoms with Gasteiger partial charge in [-0.3, -0.25) is 9.78 Å². The summed E-state index contributed by atoms with van der Waals surface area (Å²) in [5, 5.41) is 3.20. The van der Waals surface area contributed by atoms with E-state index in [0.29, 0.717) is 5.56 Å². The van der Waals surface area contributed by atoms with Crippen molar-refractivity contribution < 1.29 is 9.53 Å². The van der Waals surface area contributed by atoms with Crippen LogP contribution in [0.2, 0.25) is 0 Å². The molecule has 1 amide bonds. The van der Waals surface area contributed by atoms with E-state index in [1.54, 1.807) is 24.5 Å². The standard InChI is InChI=1S/C20H22N2O2/c23-19(15-7-6-12-21-14-15)22-17-13-20(10-4-1-5-11-20)24-18-9-3-2-8-16(17)18/h2-3,6-9,12,14,17H,1,4-5,10-11,13H2,(H,22,23)/t17-/m0/s1. The molecule has 1 aliphatic heterocycles. The zero-order valence-corrected chi connectivity index (χ0v) is 13.7. The Morgan fingerprint density at radius 2 is 1.96 bits per heavy atom. The van der Waals surface area contributed by atoms with Crippen molar-refractivity contribution in [2.75, 3.05) is 0 Å². The summed E-state index contributed by atoms with van der Waals surface area (Å²) in [6.45, 7) is 0. The third-order valence-electron chi connectivity index (χ3n) is 5.19. The molecule has 4 heteroatoms. The molecule has 0 radical (unpaired) electrons. The average molecular weight is 322 g/mol. The summed E-state index contributed by atoms with van der Waals surface area (Å²) >= 11 is 0. The SMILES string of the molecule is O=C(N[C@H]1CC2(CCCCC2)Oc2ccccc21)c1cccnc1. The van der Waals surface area contributed by atoms with E-state index in [2.05, 4.69) is 16.4 Å². The Kier molecular flexibility index (Phi) is 3.97. The molecule has 1 fully saturated rings. The lowest BCUT2D eigenvalue weighted by Crippen LogP contribution is -2.46. The number of hydrogen-bond acceptors (Lipinski definition) is 3. The minimum atomic E-state index is -0.126. The smallest absolute Gasteiger partial charge is 0.253 e. The Labute approximate surface area is 142 Å². The molecule has 0 unspecified atom stereocenters. The number of ether oxygens (including phenoxy) is 1. The van der Waals surface area contributed by atoms with E-state index in [9.17, 15) is 4.79 Å². The number of carbonyl (C=O) groups excluding carboxylic acids is 1. The fraction of sp³-hybridized carbons (Fsp3) is 0.400. The van der Waals surface area contributed by atoms with Crippen molar-refractivity contribution in [1.29, 1.82) is 0 Å². The van der Waals surface area contributed by atoms with E-state index in [-0.39, 0.29) is 17.6 Å². The second-order valence-electron chi connectivity index (χ2n) is 6.86.